The van der Waals surface area contributed by atoms with Crippen molar-refractivity contribution in [3.63, 3.8) is 0 Å². The molecule has 4 aromatic rings. The summed E-state index contributed by atoms with van der Waals surface area (Å²) in [6.45, 7) is 1.91. The van der Waals surface area contributed by atoms with Crippen molar-refractivity contribution in [2.24, 2.45) is 0 Å². The van der Waals surface area contributed by atoms with Crippen molar-refractivity contribution in [1.29, 1.82) is 0 Å². The van der Waals surface area contributed by atoms with Gasteiger partial charge >= 0.3 is 0 Å². The van der Waals surface area contributed by atoms with E-state index in [1.165, 1.54) is 36.8 Å². The molecule has 0 fully saturated rings. The van der Waals surface area contributed by atoms with Crippen molar-refractivity contribution in [2.45, 2.75) is 11.8 Å². The minimum absolute atomic E-state index is 0.132. The Kier molecular flexibility index (Phi) is 6.38. The number of amides is 1. The van der Waals surface area contributed by atoms with Crippen LogP contribution in [-0.2, 0) is 10.0 Å². The summed E-state index contributed by atoms with van der Waals surface area (Å²) in [5, 5.41) is 8.62. The molecule has 0 spiro atoms. The maximum absolute atomic E-state index is 13.0. The van der Waals surface area contributed by atoms with Crippen LogP contribution < -0.4 is 14.8 Å². The molecule has 0 saturated carbocycles. The average Bonchev–Trinajstić information content (AvgIpc) is 3.35. The second-order valence-corrected chi connectivity index (χ2v) is 9.42. The van der Waals surface area contributed by atoms with Gasteiger partial charge in [0.15, 0.2) is 0 Å². The monoisotopic (exact) mass is 480 g/mol. The molecule has 3 aromatic carbocycles. The lowest BCUT2D eigenvalue weighted by Gasteiger charge is -2.13. The average molecular weight is 481 g/mol. The van der Waals surface area contributed by atoms with Gasteiger partial charge in [-0.25, -0.2) is 8.42 Å². The molecule has 10 heteroatoms. The van der Waals surface area contributed by atoms with Crippen molar-refractivity contribution in [1.82, 2.24) is 9.59 Å². The highest BCUT2D eigenvalue weighted by atomic mass is 32.2. The van der Waals surface area contributed by atoms with E-state index in [0.29, 0.717) is 11.4 Å². The number of hydrogen-bond acceptors (Lipinski definition) is 7. The lowest BCUT2D eigenvalue weighted by Crippen LogP contribution is -2.17. The zero-order valence-electron chi connectivity index (χ0n) is 17.8. The lowest BCUT2D eigenvalue weighted by molar-refractivity contribution is 0.102. The van der Waals surface area contributed by atoms with Gasteiger partial charge < -0.3 is 10.1 Å². The van der Waals surface area contributed by atoms with Gasteiger partial charge in [-0.05, 0) is 60.9 Å². The summed E-state index contributed by atoms with van der Waals surface area (Å²) in [6.07, 6.45) is 0. The number of carbonyl (C=O) groups is 1. The first-order chi connectivity index (χ1) is 15.9. The zero-order chi connectivity index (χ0) is 23.4. The van der Waals surface area contributed by atoms with Crippen molar-refractivity contribution in [2.75, 3.05) is 17.1 Å². The third kappa shape index (κ3) is 5.18. The molecule has 1 amide bonds. The number of hydrogen-bond donors (Lipinski definition) is 2. The molecule has 0 radical (unpaired) electrons. The van der Waals surface area contributed by atoms with E-state index in [-0.39, 0.29) is 16.2 Å². The Balaban J connectivity index is 1.56. The third-order valence-electron chi connectivity index (χ3n) is 4.82. The fourth-order valence-electron chi connectivity index (χ4n) is 3.08. The normalized spacial score (nSPS) is 11.1. The van der Waals surface area contributed by atoms with Crippen LogP contribution in [-0.4, -0.2) is 31.0 Å². The summed E-state index contributed by atoms with van der Waals surface area (Å²) in [5.41, 5.74) is 3.78. The molecule has 0 unspecified atom stereocenters. The van der Waals surface area contributed by atoms with E-state index < -0.39 is 15.9 Å². The number of ether oxygens (including phenoxy) is 1. The number of benzene rings is 3. The van der Waals surface area contributed by atoms with E-state index >= 15 is 0 Å². The highest BCUT2D eigenvalue weighted by Gasteiger charge is 2.22. The maximum atomic E-state index is 13.0. The van der Waals surface area contributed by atoms with E-state index in [1.54, 1.807) is 36.4 Å². The van der Waals surface area contributed by atoms with Gasteiger partial charge in [-0.15, -0.1) is 5.10 Å². The summed E-state index contributed by atoms with van der Waals surface area (Å²) >= 11 is 1.26. The SMILES string of the molecule is COc1ccc(C(=O)Nc2ccc(-c3csnn3)cc2)cc1S(=O)(=O)Nc1ccc(C)cc1. The first-order valence-electron chi connectivity index (χ1n) is 9.82. The second-order valence-electron chi connectivity index (χ2n) is 7.16. The van der Waals surface area contributed by atoms with Crippen LogP contribution in [0.3, 0.4) is 0 Å². The predicted octanol–water partition coefficient (Wildman–Crippen LogP) is 4.58. The third-order valence-corrected chi connectivity index (χ3v) is 6.72. The highest BCUT2D eigenvalue weighted by molar-refractivity contribution is 7.92. The van der Waals surface area contributed by atoms with E-state index in [1.807, 2.05) is 24.4 Å². The number of aryl methyl sites for hydroxylation is 1. The molecular formula is C23H20N4O4S2. The van der Waals surface area contributed by atoms with Gasteiger partial charge in [0.25, 0.3) is 15.9 Å². The molecule has 0 bridgehead atoms. The summed E-state index contributed by atoms with van der Waals surface area (Å²) in [6, 6.07) is 18.3. The summed E-state index contributed by atoms with van der Waals surface area (Å²) in [7, 11) is -2.62. The number of sulfonamides is 1. The molecule has 168 valence electrons. The summed E-state index contributed by atoms with van der Waals surface area (Å²) in [4.78, 5) is 12.7. The van der Waals surface area contributed by atoms with Crippen molar-refractivity contribution in [3.05, 3.63) is 83.2 Å². The fraction of sp³-hybridized carbons (Fsp3) is 0.0870. The van der Waals surface area contributed by atoms with E-state index in [2.05, 4.69) is 19.6 Å². The molecule has 0 saturated heterocycles. The van der Waals surface area contributed by atoms with Gasteiger partial charge in [0.05, 0.1) is 7.11 Å². The Bertz CT molecular complexity index is 1370. The predicted molar refractivity (Wildman–Crippen MR) is 128 cm³/mol. The quantitative estimate of drug-likeness (QED) is 0.401. The summed E-state index contributed by atoms with van der Waals surface area (Å²) in [5.74, 6) is -0.320. The molecule has 0 atom stereocenters. The number of carbonyl (C=O) groups excluding carboxylic acids is 1. The molecule has 8 nitrogen and oxygen atoms in total. The van der Waals surface area contributed by atoms with Gasteiger partial charge in [-0.1, -0.05) is 34.3 Å². The van der Waals surface area contributed by atoms with Crippen molar-refractivity contribution in [3.8, 4) is 17.0 Å². The number of aromatic nitrogens is 2. The Morgan fingerprint density at radius 1 is 0.970 bits per heavy atom. The first-order valence-corrected chi connectivity index (χ1v) is 12.1. The lowest BCUT2D eigenvalue weighted by atomic mass is 10.1. The van der Waals surface area contributed by atoms with Crippen molar-refractivity contribution >= 4 is 38.8 Å². The Morgan fingerprint density at radius 2 is 1.67 bits per heavy atom. The number of nitrogens with zero attached hydrogens (tertiary/aromatic N) is 2. The molecule has 4 rings (SSSR count). The zero-order valence-corrected chi connectivity index (χ0v) is 19.4. The van der Waals surface area contributed by atoms with E-state index in [9.17, 15) is 13.2 Å². The van der Waals surface area contributed by atoms with Gasteiger partial charge in [-0.2, -0.15) is 0 Å². The molecule has 0 aliphatic carbocycles. The molecule has 0 aliphatic heterocycles. The number of rotatable bonds is 7. The standard InChI is InChI=1S/C23H20N4O4S2/c1-15-3-8-19(9-4-15)26-33(29,30)22-13-17(7-12-21(22)31-2)23(28)24-18-10-5-16(6-11-18)20-14-32-27-25-20/h3-14,26H,1-2H3,(H,24,28). The minimum atomic E-state index is -4.00. The van der Waals surface area contributed by atoms with Crippen LogP contribution in [0.2, 0.25) is 0 Å². The fourth-order valence-corrected chi connectivity index (χ4v) is 4.80. The minimum Gasteiger partial charge on any atom is -0.495 e. The van der Waals surface area contributed by atoms with E-state index in [0.717, 1.165) is 16.8 Å². The van der Waals surface area contributed by atoms with Crippen LogP contribution in [0.4, 0.5) is 11.4 Å². The second kappa shape index (κ2) is 9.39. The smallest absolute Gasteiger partial charge is 0.265 e. The molecule has 1 aromatic heterocycles. The Morgan fingerprint density at radius 3 is 2.30 bits per heavy atom. The van der Waals surface area contributed by atoms with Crippen molar-refractivity contribution < 1.29 is 17.9 Å². The molecule has 0 aliphatic rings. The van der Waals surface area contributed by atoms with Gasteiger partial charge in [0.2, 0.25) is 0 Å². The highest BCUT2D eigenvalue weighted by Crippen LogP contribution is 2.28. The van der Waals surface area contributed by atoms with Crippen LogP contribution in [0.15, 0.2) is 77.0 Å². The molecule has 33 heavy (non-hydrogen) atoms. The first kappa shape index (κ1) is 22.4. The Labute approximate surface area is 195 Å². The maximum Gasteiger partial charge on any atom is 0.265 e. The largest absolute Gasteiger partial charge is 0.495 e. The number of anilines is 2. The molecule has 1 heterocycles. The van der Waals surface area contributed by atoms with Crippen LogP contribution in [0.25, 0.3) is 11.3 Å². The Hall–Kier alpha value is -3.76. The molecule has 2 N–H and O–H groups in total. The topological polar surface area (TPSA) is 110 Å². The molecular weight excluding hydrogens is 460 g/mol. The van der Waals surface area contributed by atoms with Gasteiger partial charge in [0.1, 0.15) is 16.3 Å². The summed E-state index contributed by atoms with van der Waals surface area (Å²) < 4.78 is 37.6. The van der Waals surface area contributed by atoms with Crippen LogP contribution >= 0.6 is 11.5 Å². The van der Waals surface area contributed by atoms with Gasteiger partial charge in [0, 0.05) is 27.9 Å². The van der Waals surface area contributed by atoms with Gasteiger partial charge in [-0.3, -0.25) is 9.52 Å². The van der Waals surface area contributed by atoms with E-state index in [4.69, 9.17) is 4.74 Å². The van der Waals surface area contributed by atoms with Crippen LogP contribution in [0.1, 0.15) is 15.9 Å². The number of nitrogens with one attached hydrogen (secondary N) is 2. The number of methoxy groups -OCH3 is 1. The van der Waals surface area contributed by atoms with Crippen LogP contribution in [0, 0.1) is 6.92 Å². The van der Waals surface area contributed by atoms with Crippen LogP contribution in [0.5, 0.6) is 5.75 Å².